The number of rotatable bonds is 2. The quantitative estimate of drug-likeness (QED) is 0.834. The number of hydrogen-bond donors (Lipinski definition) is 1. The lowest BCUT2D eigenvalue weighted by atomic mass is 9.65. The number of carbonyl (C=O) groups excluding carboxylic acids is 2. The number of fused-ring (bicyclic) bond motifs is 2. The Hall–Kier alpha value is -1.10. The van der Waals surface area contributed by atoms with Gasteiger partial charge in [-0.3, -0.25) is 9.59 Å². The highest BCUT2D eigenvalue weighted by Crippen LogP contribution is 2.43. The van der Waals surface area contributed by atoms with Crippen molar-refractivity contribution in [3.05, 3.63) is 0 Å². The second-order valence-corrected chi connectivity index (χ2v) is 7.62. The predicted octanol–water partition coefficient (Wildman–Crippen LogP) is 1.22. The van der Waals surface area contributed by atoms with Crippen LogP contribution in [0.15, 0.2) is 0 Å². The van der Waals surface area contributed by atoms with Crippen LogP contribution in [0.3, 0.4) is 0 Å². The molecule has 22 heavy (non-hydrogen) atoms. The van der Waals surface area contributed by atoms with Gasteiger partial charge in [0.2, 0.25) is 11.8 Å². The third kappa shape index (κ3) is 2.75. The van der Waals surface area contributed by atoms with Crippen molar-refractivity contribution < 1.29 is 9.59 Å². The van der Waals surface area contributed by atoms with Gasteiger partial charge in [-0.1, -0.05) is 6.42 Å². The molecule has 1 heterocycles. The van der Waals surface area contributed by atoms with E-state index in [1.165, 1.54) is 19.3 Å². The second-order valence-electron chi connectivity index (χ2n) is 7.62. The van der Waals surface area contributed by atoms with Gasteiger partial charge in [-0.15, -0.1) is 0 Å². The third-order valence-electron chi connectivity index (χ3n) is 6.02. The third-order valence-corrected chi connectivity index (χ3v) is 6.02. The summed E-state index contributed by atoms with van der Waals surface area (Å²) in [6.45, 7) is 0.737. The molecule has 124 valence electrons. The molecule has 0 aromatic rings. The first-order valence-corrected chi connectivity index (χ1v) is 8.76. The van der Waals surface area contributed by atoms with Gasteiger partial charge in [0, 0.05) is 32.6 Å². The monoisotopic (exact) mass is 307 g/mol. The summed E-state index contributed by atoms with van der Waals surface area (Å²) < 4.78 is 0. The average Bonchev–Trinajstić information content (AvgIpc) is 2.94. The molecule has 0 radical (unpaired) electrons. The summed E-state index contributed by atoms with van der Waals surface area (Å²) in [7, 11) is 3.54. The fraction of sp³-hybridized carbons (Fsp3) is 0.882. The molecule has 1 aliphatic heterocycles. The van der Waals surface area contributed by atoms with Crippen LogP contribution in [-0.4, -0.2) is 54.3 Å². The Bertz CT molecular complexity index is 437. The van der Waals surface area contributed by atoms with E-state index >= 15 is 0 Å². The standard InChI is InChI=1S/C17H29N3O2/c1-19(2)17(22)14-7-4-8-20(14)16(21)13-9-11-5-3-6-12(10-13)15(11)18/h11-15H,3-10,18H2,1-2H3. The minimum absolute atomic E-state index is 0.0681. The second kappa shape index (κ2) is 6.19. The molecule has 2 saturated carbocycles. The lowest BCUT2D eigenvalue weighted by Gasteiger charge is -2.44. The first kappa shape index (κ1) is 15.8. The summed E-state index contributed by atoms with van der Waals surface area (Å²) >= 11 is 0. The van der Waals surface area contributed by atoms with Crippen molar-refractivity contribution in [3.8, 4) is 0 Å². The topological polar surface area (TPSA) is 66.6 Å². The zero-order valence-corrected chi connectivity index (χ0v) is 13.8. The number of nitrogens with two attached hydrogens (primary N) is 1. The maximum Gasteiger partial charge on any atom is 0.244 e. The summed E-state index contributed by atoms with van der Waals surface area (Å²) in [5.74, 6) is 1.38. The molecule has 3 atom stereocenters. The van der Waals surface area contributed by atoms with Crippen molar-refractivity contribution in [2.75, 3.05) is 20.6 Å². The van der Waals surface area contributed by atoms with E-state index in [9.17, 15) is 9.59 Å². The van der Waals surface area contributed by atoms with Crippen molar-refractivity contribution in [1.29, 1.82) is 0 Å². The van der Waals surface area contributed by atoms with Crippen LogP contribution < -0.4 is 5.73 Å². The summed E-state index contributed by atoms with van der Waals surface area (Å²) in [5.41, 5.74) is 6.33. The molecule has 2 N–H and O–H groups in total. The van der Waals surface area contributed by atoms with Gasteiger partial charge in [-0.2, -0.15) is 0 Å². The van der Waals surface area contributed by atoms with Gasteiger partial charge in [0.1, 0.15) is 6.04 Å². The number of nitrogens with zero attached hydrogens (tertiary/aromatic N) is 2. The van der Waals surface area contributed by atoms with Crippen LogP contribution >= 0.6 is 0 Å². The molecule has 1 saturated heterocycles. The van der Waals surface area contributed by atoms with Crippen molar-refractivity contribution >= 4 is 11.8 Å². The largest absolute Gasteiger partial charge is 0.347 e. The van der Waals surface area contributed by atoms with E-state index in [2.05, 4.69) is 0 Å². The van der Waals surface area contributed by atoms with Gasteiger partial charge in [-0.05, 0) is 50.4 Å². The highest BCUT2D eigenvalue weighted by molar-refractivity contribution is 5.89. The molecular formula is C17H29N3O2. The highest BCUT2D eigenvalue weighted by Gasteiger charge is 2.44. The molecule has 2 aliphatic carbocycles. The van der Waals surface area contributed by atoms with Crippen LogP contribution in [0.4, 0.5) is 0 Å². The zero-order valence-electron chi connectivity index (χ0n) is 13.8. The Morgan fingerprint density at radius 3 is 2.27 bits per heavy atom. The van der Waals surface area contributed by atoms with Gasteiger partial charge in [0.25, 0.3) is 0 Å². The Balaban J connectivity index is 1.69. The summed E-state index contributed by atoms with van der Waals surface area (Å²) in [6.07, 6.45) is 7.20. The molecule has 3 aliphatic rings. The fourth-order valence-electron chi connectivity index (χ4n) is 4.81. The molecular weight excluding hydrogens is 278 g/mol. The van der Waals surface area contributed by atoms with Gasteiger partial charge in [-0.25, -0.2) is 0 Å². The Labute approximate surface area is 133 Å². The lowest BCUT2D eigenvalue weighted by molar-refractivity contribution is -0.146. The molecule has 5 nitrogen and oxygen atoms in total. The summed E-state index contributed by atoms with van der Waals surface area (Å²) in [6, 6.07) is 0.0496. The van der Waals surface area contributed by atoms with Crippen molar-refractivity contribution in [1.82, 2.24) is 9.80 Å². The van der Waals surface area contributed by atoms with Crippen molar-refractivity contribution in [2.45, 2.75) is 57.0 Å². The van der Waals surface area contributed by atoms with E-state index in [-0.39, 0.29) is 29.8 Å². The van der Waals surface area contributed by atoms with Crippen LogP contribution in [-0.2, 0) is 9.59 Å². The van der Waals surface area contributed by atoms with Gasteiger partial charge < -0.3 is 15.5 Å². The van der Waals surface area contributed by atoms with Gasteiger partial charge >= 0.3 is 0 Å². The summed E-state index contributed by atoms with van der Waals surface area (Å²) in [4.78, 5) is 28.8. The van der Waals surface area contributed by atoms with E-state index < -0.39 is 0 Å². The number of likely N-dealkylation sites (tertiary alicyclic amines) is 1. The van der Waals surface area contributed by atoms with Crippen LogP contribution in [0.5, 0.6) is 0 Å². The van der Waals surface area contributed by atoms with Crippen LogP contribution in [0.25, 0.3) is 0 Å². The molecule has 3 fully saturated rings. The minimum Gasteiger partial charge on any atom is -0.347 e. The van der Waals surface area contributed by atoms with Crippen LogP contribution in [0, 0.1) is 17.8 Å². The Morgan fingerprint density at radius 1 is 1.05 bits per heavy atom. The van der Waals surface area contributed by atoms with Crippen LogP contribution in [0.1, 0.15) is 44.9 Å². The first-order valence-electron chi connectivity index (χ1n) is 8.76. The number of amides is 2. The maximum absolute atomic E-state index is 13.0. The molecule has 2 bridgehead atoms. The summed E-state index contributed by atoms with van der Waals surface area (Å²) in [5, 5.41) is 0. The number of likely N-dealkylation sites (N-methyl/N-ethyl adjacent to an activating group) is 1. The highest BCUT2D eigenvalue weighted by atomic mass is 16.2. The average molecular weight is 307 g/mol. The van der Waals surface area contributed by atoms with Gasteiger partial charge in [0.15, 0.2) is 0 Å². The SMILES string of the molecule is CN(C)C(=O)C1CCCN1C(=O)C1CC2CCCC(C1)C2N. The maximum atomic E-state index is 13.0. The van der Waals surface area contributed by atoms with E-state index in [1.807, 2.05) is 4.90 Å². The molecule has 3 rings (SSSR count). The molecule has 2 amide bonds. The van der Waals surface area contributed by atoms with E-state index in [0.717, 1.165) is 32.2 Å². The molecule has 0 aromatic carbocycles. The minimum atomic E-state index is -0.238. The molecule has 0 aromatic heterocycles. The Morgan fingerprint density at radius 2 is 1.68 bits per heavy atom. The first-order chi connectivity index (χ1) is 10.5. The number of hydrogen-bond acceptors (Lipinski definition) is 3. The van der Waals surface area contributed by atoms with E-state index in [4.69, 9.17) is 5.73 Å². The number of carbonyl (C=O) groups is 2. The normalized spacial score (nSPS) is 38.0. The fourth-order valence-corrected chi connectivity index (χ4v) is 4.81. The molecule has 5 heteroatoms. The van der Waals surface area contributed by atoms with Crippen molar-refractivity contribution in [3.63, 3.8) is 0 Å². The van der Waals surface area contributed by atoms with Crippen LogP contribution in [0.2, 0.25) is 0 Å². The zero-order chi connectivity index (χ0) is 15.9. The van der Waals surface area contributed by atoms with Crippen molar-refractivity contribution in [2.24, 2.45) is 23.5 Å². The predicted molar refractivity (Wildman–Crippen MR) is 85.0 cm³/mol. The van der Waals surface area contributed by atoms with E-state index in [0.29, 0.717) is 11.8 Å². The van der Waals surface area contributed by atoms with Gasteiger partial charge in [0.05, 0.1) is 0 Å². The molecule has 0 spiro atoms. The smallest absolute Gasteiger partial charge is 0.244 e. The lowest BCUT2D eigenvalue weighted by Crippen LogP contribution is -2.52. The van der Waals surface area contributed by atoms with E-state index in [1.54, 1.807) is 19.0 Å². The molecule has 3 unspecified atom stereocenters. The Kier molecular flexibility index (Phi) is 4.44.